The first-order valence-corrected chi connectivity index (χ1v) is 9.84. The Balaban J connectivity index is 1.79. The third kappa shape index (κ3) is 5.78. The third-order valence-corrected chi connectivity index (χ3v) is 4.76. The van der Waals surface area contributed by atoms with Gasteiger partial charge in [0.05, 0.1) is 18.7 Å². The van der Waals surface area contributed by atoms with Gasteiger partial charge in [0.25, 0.3) is 11.5 Å². The van der Waals surface area contributed by atoms with E-state index in [0.29, 0.717) is 17.8 Å². The topological polar surface area (TPSA) is 198 Å². The van der Waals surface area contributed by atoms with Crippen LogP contribution in [0.3, 0.4) is 0 Å². The first kappa shape index (κ1) is 23.1. The molecule has 0 radical (unpaired) electrons. The highest BCUT2D eigenvalue weighted by Crippen LogP contribution is 2.23. The molecule has 13 nitrogen and oxygen atoms in total. The minimum absolute atomic E-state index is 0.0957. The van der Waals surface area contributed by atoms with Gasteiger partial charge in [0, 0.05) is 18.2 Å². The number of rotatable bonds is 8. The van der Waals surface area contributed by atoms with Crippen LogP contribution < -0.4 is 27.4 Å². The summed E-state index contributed by atoms with van der Waals surface area (Å²) < 4.78 is 1.17. The average Bonchev–Trinajstić information content (AvgIpc) is 3.20. The Morgan fingerprint density at radius 3 is 2.67 bits per heavy atom. The number of hydrazone groups is 1. The summed E-state index contributed by atoms with van der Waals surface area (Å²) >= 11 is 0. The predicted molar refractivity (Wildman–Crippen MR) is 116 cm³/mol. The number of hydrogen-bond donors (Lipinski definition) is 5. The monoisotopic (exact) mass is 455 g/mol. The second-order valence-corrected chi connectivity index (χ2v) is 7.11. The molecule has 3 rings (SSSR count). The molecule has 0 bridgehead atoms. The van der Waals surface area contributed by atoms with E-state index in [2.05, 4.69) is 20.7 Å². The van der Waals surface area contributed by atoms with Crippen LogP contribution in [0.2, 0.25) is 0 Å². The van der Waals surface area contributed by atoms with E-state index in [0.717, 1.165) is 6.21 Å². The summed E-state index contributed by atoms with van der Waals surface area (Å²) in [7, 11) is 0. The van der Waals surface area contributed by atoms with Gasteiger partial charge in [0.2, 0.25) is 5.91 Å². The fourth-order valence-corrected chi connectivity index (χ4v) is 3.32. The molecule has 1 aromatic carbocycles. The van der Waals surface area contributed by atoms with Gasteiger partial charge in [-0.05, 0) is 18.6 Å². The molecular weight excluding hydrogens is 434 g/mol. The Labute approximate surface area is 186 Å². The number of fused-ring (bicyclic) bond motifs is 1. The lowest BCUT2D eigenvalue weighted by Crippen LogP contribution is -2.43. The standard InChI is InChI=1S/C20H21N7O6/c21-20(33)26-23-9-12(8-16(28)29)24-18(31)14-6-7-15-22-10-13(19(32)27(14)15)25-17(30)11-4-2-1-3-5-11/h1-5,9-10,12,14H,6-8H2,(H,24,31)(H,25,30)(H,28,29)(H3,21,26,33)/b23-9+/t12-,14?/m0/s1. The fraction of sp³-hybridized carbons (Fsp3) is 0.250. The van der Waals surface area contributed by atoms with E-state index in [1.54, 1.807) is 30.3 Å². The number of carboxylic acids is 1. The minimum atomic E-state index is -1.22. The van der Waals surface area contributed by atoms with E-state index in [-0.39, 0.29) is 12.1 Å². The quantitative estimate of drug-likeness (QED) is 0.263. The van der Waals surface area contributed by atoms with Crippen LogP contribution >= 0.6 is 0 Å². The number of nitrogens with zero attached hydrogens (tertiary/aromatic N) is 3. The van der Waals surface area contributed by atoms with Crippen LogP contribution in [-0.2, 0) is 16.0 Å². The number of aliphatic carboxylic acids is 1. The Hall–Kier alpha value is -4.55. The average molecular weight is 455 g/mol. The van der Waals surface area contributed by atoms with Crippen molar-refractivity contribution in [3.63, 3.8) is 0 Å². The Morgan fingerprint density at radius 1 is 1.27 bits per heavy atom. The first-order chi connectivity index (χ1) is 15.8. The summed E-state index contributed by atoms with van der Waals surface area (Å²) in [6.07, 6.45) is 2.33. The number of primary amides is 1. The van der Waals surface area contributed by atoms with Gasteiger partial charge in [0.15, 0.2) is 0 Å². The van der Waals surface area contributed by atoms with Gasteiger partial charge in [-0.2, -0.15) is 5.10 Å². The third-order valence-electron chi connectivity index (χ3n) is 4.76. The number of nitrogens with two attached hydrogens (primary N) is 1. The summed E-state index contributed by atoms with van der Waals surface area (Å²) in [6.45, 7) is 0. The second-order valence-electron chi connectivity index (χ2n) is 7.11. The molecule has 2 aromatic rings. The van der Waals surface area contributed by atoms with Gasteiger partial charge in [-0.1, -0.05) is 18.2 Å². The van der Waals surface area contributed by atoms with Crippen LogP contribution in [0.1, 0.15) is 35.1 Å². The normalized spacial score (nSPS) is 15.5. The van der Waals surface area contributed by atoms with Gasteiger partial charge < -0.3 is 21.5 Å². The van der Waals surface area contributed by atoms with Crippen LogP contribution in [-0.4, -0.2) is 50.7 Å². The maximum atomic E-state index is 13.0. The molecule has 2 heterocycles. The number of hydrogen-bond acceptors (Lipinski definition) is 7. The van der Waals surface area contributed by atoms with Crippen molar-refractivity contribution in [3.05, 3.63) is 58.3 Å². The lowest BCUT2D eigenvalue weighted by Gasteiger charge is -2.18. The zero-order chi connectivity index (χ0) is 24.0. The van der Waals surface area contributed by atoms with Crippen molar-refractivity contribution < 1.29 is 24.3 Å². The van der Waals surface area contributed by atoms with E-state index in [1.165, 1.54) is 10.8 Å². The number of anilines is 1. The minimum Gasteiger partial charge on any atom is -0.481 e. The molecule has 0 spiro atoms. The molecule has 1 aromatic heterocycles. The van der Waals surface area contributed by atoms with E-state index in [4.69, 9.17) is 10.8 Å². The number of aryl methyl sites for hydroxylation is 1. The summed E-state index contributed by atoms with van der Waals surface area (Å²) in [6, 6.07) is 5.27. The predicted octanol–water partition coefficient (Wildman–Crippen LogP) is -0.403. The van der Waals surface area contributed by atoms with Crippen LogP contribution in [0, 0.1) is 0 Å². The molecule has 172 valence electrons. The summed E-state index contributed by atoms with van der Waals surface area (Å²) in [5.74, 6) is -2.01. The van der Waals surface area contributed by atoms with Crippen molar-refractivity contribution >= 4 is 35.7 Å². The molecule has 0 aliphatic carbocycles. The highest BCUT2D eigenvalue weighted by molar-refractivity contribution is 6.04. The van der Waals surface area contributed by atoms with Gasteiger partial charge in [-0.3, -0.25) is 23.7 Å². The highest BCUT2D eigenvalue weighted by atomic mass is 16.4. The van der Waals surface area contributed by atoms with E-state index in [9.17, 15) is 24.0 Å². The van der Waals surface area contributed by atoms with Crippen LogP contribution in [0.5, 0.6) is 0 Å². The number of urea groups is 1. The van der Waals surface area contributed by atoms with E-state index < -0.39 is 47.9 Å². The first-order valence-electron chi connectivity index (χ1n) is 9.84. The van der Waals surface area contributed by atoms with Crippen LogP contribution in [0.4, 0.5) is 10.5 Å². The zero-order valence-electron chi connectivity index (χ0n) is 17.2. The molecule has 13 heteroatoms. The molecule has 1 aliphatic rings. The van der Waals surface area contributed by atoms with Crippen molar-refractivity contribution in [1.29, 1.82) is 0 Å². The van der Waals surface area contributed by atoms with Crippen molar-refractivity contribution in [2.45, 2.75) is 31.3 Å². The van der Waals surface area contributed by atoms with Crippen LogP contribution in [0.25, 0.3) is 0 Å². The lowest BCUT2D eigenvalue weighted by molar-refractivity contribution is -0.137. The molecule has 0 saturated carbocycles. The van der Waals surface area contributed by atoms with Crippen molar-refractivity contribution in [2.24, 2.45) is 10.8 Å². The fourth-order valence-electron chi connectivity index (χ4n) is 3.32. The van der Waals surface area contributed by atoms with Crippen molar-refractivity contribution in [3.8, 4) is 0 Å². The molecule has 1 aliphatic heterocycles. The van der Waals surface area contributed by atoms with Gasteiger partial charge in [-0.25, -0.2) is 15.2 Å². The molecule has 2 atom stereocenters. The molecule has 0 fully saturated rings. The number of benzene rings is 1. The maximum absolute atomic E-state index is 13.0. The Morgan fingerprint density at radius 2 is 2.00 bits per heavy atom. The molecular formula is C20H21N7O6. The van der Waals surface area contributed by atoms with Crippen molar-refractivity contribution in [2.75, 3.05) is 5.32 Å². The maximum Gasteiger partial charge on any atom is 0.332 e. The highest BCUT2D eigenvalue weighted by Gasteiger charge is 2.32. The van der Waals surface area contributed by atoms with Gasteiger partial charge in [-0.15, -0.1) is 0 Å². The van der Waals surface area contributed by atoms with Crippen LogP contribution in [0.15, 0.2) is 46.4 Å². The molecule has 33 heavy (non-hydrogen) atoms. The van der Waals surface area contributed by atoms with Crippen molar-refractivity contribution in [1.82, 2.24) is 20.3 Å². The number of amides is 4. The summed E-state index contributed by atoms with van der Waals surface area (Å²) in [4.78, 5) is 64.3. The largest absolute Gasteiger partial charge is 0.481 e. The Bertz CT molecular complexity index is 1160. The number of carboxylic acid groups (broad SMARTS) is 1. The SMILES string of the molecule is NC(=O)N/N=C/[C@H](CC(=O)O)NC(=O)C1CCc2ncc(NC(=O)c3ccccc3)c(=O)n21. The lowest BCUT2D eigenvalue weighted by atomic mass is 10.1. The summed E-state index contributed by atoms with van der Waals surface area (Å²) in [5, 5.41) is 17.5. The number of carbonyl (C=O) groups is 4. The number of carbonyl (C=O) groups excluding carboxylic acids is 3. The smallest absolute Gasteiger partial charge is 0.332 e. The van der Waals surface area contributed by atoms with Gasteiger partial charge >= 0.3 is 12.0 Å². The molecule has 6 N–H and O–H groups in total. The van der Waals surface area contributed by atoms with E-state index >= 15 is 0 Å². The molecule has 1 unspecified atom stereocenters. The van der Waals surface area contributed by atoms with Gasteiger partial charge in [0.1, 0.15) is 17.6 Å². The second kappa shape index (κ2) is 10.2. The van der Waals surface area contributed by atoms with E-state index in [1.807, 2.05) is 5.43 Å². The molecule has 0 saturated heterocycles. The Kier molecular flexibility index (Phi) is 7.13. The number of nitrogens with one attached hydrogen (secondary N) is 3. The number of aromatic nitrogens is 2. The molecule has 4 amide bonds. The zero-order valence-corrected chi connectivity index (χ0v) is 17.2. The summed E-state index contributed by atoms with van der Waals surface area (Å²) in [5.41, 5.74) is 6.45.